The van der Waals surface area contributed by atoms with Crippen LogP contribution in [0, 0.1) is 0 Å². The van der Waals surface area contributed by atoms with Crippen molar-refractivity contribution < 1.29 is 14.4 Å². The van der Waals surface area contributed by atoms with Crippen molar-refractivity contribution in [2.75, 3.05) is 13.2 Å². The summed E-state index contributed by atoms with van der Waals surface area (Å²) >= 11 is 0. The van der Waals surface area contributed by atoms with E-state index in [4.69, 9.17) is 20.1 Å². The zero-order chi connectivity index (χ0) is 12.2. The van der Waals surface area contributed by atoms with E-state index in [9.17, 15) is 0 Å². The van der Waals surface area contributed by atoms with Gasteiger partial charge in [0.25, 0.3) is 0 Å². The summed E-state index contributed by atoms with van der Waals surface area (Å²) in [6, 6.07) is -0.635. The number of nitrogens with two attached hydrogens (primary N) is 1. The van der Waals surface area contributed by atoms with E-state index < -0.39 is 11.6 Å². The Balaban J connectivity index is 2.90. The van der Waals surface area contributed by atoms with Crippen molar-refractivity contribution in [1.82, 2.24) is 10.1 Å². The minimum atomic E-state index is -0.635. The topological polar surface area (TPSA) is 94.4 Å². The second-order valence-electron chi connectivity index (χ2n) is 3.76. The van der Waals surface area contributed by atoms with Crippen molar-refractivity contribution >= 4 is 0 Å². The van der Waals surface area contributed by atoms with Gasteiger partial charge < -0.3 is 20.1 Å². The Labute approximate surface area is 94.8 Å². The predicted molar refractivity (Wildman–Crippen MR) is 57.6 cm³/mol. The van der Waals surface area contributed by atoms with Crippen molar-refractivity contribution in [3.8, 4) is 0 Å². The van der Waals surface area contributed by atoms with Crippen LogP contribution in [0.1, 0.15) is 44.9 Å². The molecular formula is C10H19N3O3. The fourth-order valence-electron chi connectivity index (χ4n) is 1.32. The normalized spacial score (nSPS) is 17.1. The van der Waals surface area contributed by atoms with Crippen LogP contribution in [0.4, 0.5) is 0 Å². The number of aromatic nitrogens is 2. The van der Waals surface area contributed by atoms with Crippen LogP contribution in [-0.4, -0.2) is 28.5 Å². The molecule has 0 aromatic carbocycles. The zero-order valence-corrected chi connectivity index (χ0v) is 9.93. The van der Waals surface area contributed by atoms with Crippen LogP contribution in [0.5, 0.6) is 0 Å². The number of aliphatic hydroxyl groups excluding tert-OH is 1. The smallest absolute Gasteiger partial charge is 0.246 e. The molecule has 0 radical (unpaired) electrons. The van der Waals surface area contributed by atoms with Gasteiger partial charge in [0.05, 0.1) is 6.61 Å². The van der Waals surface area contributed by atoms with Gasteiger partial charge in [-0.1, -0.05) is 12.1 Å². The Bertz CT molecular complexity index is 329. The van der Waals surface area contributed by atoms with E-state index in [2.05, 4.69) is 10.1 Å². The van der Waals surface area contributed by atoms with Gasteiger partial charge in [-0.05, 0) is 20.3 Å². The number of ether oxygens (including phenoxy) is 1. The van der Waals surface area contributed by atoms with Gasteiger partial charge in [-0.2, -0.15) is 4.98 Å². The number of rotatable bonds is 6. The average molecular weight is 229 g/mol. The second kappa shape index (κ2) is 5.38. The van der Waals surface area contributed by atoms with Crippen LogP contribution in [0.15, 0.2) is 4.52 Å². The lowest BCUT2D eigenvalue weighted by atomic mass is 10.0. The molecule has 0 aliphatic heterocycles. The van der Waals surface area contributed by atoms with Crippen LogP contribution in [0.25, 0.3) is 0 Å². The molecule has 0 fully saturated rings. The quantitative estimate of drug-likeness (QED) is 0.746. The lowest BCUT2D eigenvalue weighted by molar-refractivity contribution is -0.0403. The molecule has 0 aliphatic rings. The summed E-state index contributed by atoms with van der Waals surface area (Å²) in [6.45, 7) is 6.14. The van der Waals surface area contributed by atoms with Gasteiger partial charge in [-0.3, -0.25) is 0 Å². The molecule has 16 heavy (non-hydrogen) atoms. The van der Waals surface area contributed by atoms with E-state index in [1.165, 1.54) is 0 Å². The molecule has 0 spiro atoms. The third-order valence-corrected chi connectivity index (χ3v) is 2.57. The Kier molecular flexibility index (Phi) is 4.40. The van der Waals surface area contributed by atoms with Crippen LogP contribution in [0.2, 0.25) is 0 Å². The average Bonchev–Trinajstić information content (AvgIpc) is 2.78. The molecule has 0 amide bonds. The molecule has 0 saturated heterocycles. The van der Waals surface area contributed by atoms with Crippen molar-refractivity contribution in [3.63, 3.8) is 0 Å². The fraction of sp³-hybridized carbons (Fsp3) is 0.800. The minimum Gasteiger partial charge on any atom is -0.394 e. The molecule has 3 N–H and O–H groups in total. The van der Waals surface area contributed by atoms with E-state index in [-0.39, 0.29) is 12.5 Å². The molecule has 1 aromatic heterocycles. The highest BCUT2D eigenvalue weighted by atomic mass is 16.5. The highest BCUT2D eigenvalue weighted by Crippen LogP contribution is 2.26. The molecule has 6 nitrogen and oxygen atoms in total. The predicted octanol–water partition coefficient (Wildman–Crippen LogP) is 0.723. The highest BCUT2D eigenvalue weighted by molar-refractivity contribution is 5.01. The molecule has 1 heterocycles. The Hall–Kier alpha value is -0.980. The Morgan fingerprint density at radius 2 is 2.25 bits per heavy atom. The molecule has 1 unspecified atom stereocenters. The van der Waals surface area contributed by atoms with Gasteiger partial charge >= 0.3 is 0 Å². The van der Waals surface area contributed by atoms with E-state index in [0.717, 1.165) is 6.42 Å². The van der Waals surface area contributed by atoms with Gasteiger partial charge in [0.1, 0.15) is 11.6 Å². The summed E-state index contributed by atoms with van der Waals surface area (Å²) < 4.78 is 10.6. The van der Waals surface area contributed by atoms with Gasteiger partial charge in [0.15, 0.2) is 0 Å². The monoisotopic (exact) mass is 229 g/mol. The first-order chi connectivity index (χ1) is 7.57. The molecule has 92 valence electrons. The van der Waals surface area contributed by atoms with Crippen LogP contribution < -0.4 is 5.73 Å². The first-order valence-corrected chi connectivity index (χ1v) is 5.41. The van der Waals surface area contributed by atoms with Crippen molar-refractivity contribution in [1.29, 1.82) is 0 Å². The van der Waals surface area contributed by atoms with E-state index in [1.54, 1.807) is 0 Å². The number of nitrogens with zero attached hydrogens (tertiary/aromatic N) is 2. The third kappa shape index (κ3) is 2.58. The first-order valence-electron chi connectivity index (χ1n) is 5.41. The third-order valence-electron chi connectivity index (χ3n) is 2.57. The number of hydrogen-bond donors (Lipinski definition) is 2. The summed E-state index contributed by atoms with van der Waals surface area (Å²) in [4.78, 5) is 4.15. The second-order valence-corrected chi connectivity index (χ2v) is 3.76. The van der Waals surface area contributed by atoms with E-state index >= 15 is 0 Å². The van der Waals surface area contributed by atoms with Gasteiger partial charge in [-0.25, -0.2) is 0 Å². The molecule has 1 rings (SSSR count). The van der Waals surface area contributed by atoms with Crippen molar-refractivity contribution in [3.05, 3.63) is 11.7 Å². The maximum absolute atomic E-state index is 8.88. The minimum absolute atomic E-state index is 0.223. The summed E-state index contributed by atoms with van der Waals surface area (Å²) in [5.41, 5.74) is 5.02. The van der Waals surface area contributed by atoms with E-state index in [1.807, 2.05) is 20.8 Å². The standard InChI is InChI=1S/C10H19N3O3/c1-4-10(3,15-5-2)9-12-8(16-13-9)7(11)6-14/h7,14H,4-6,11H2,1-3H3/t7-,10?/m0/s1. The molecule has 6 heteroatoms. The molecule has 0 bridgehead atoms. The molecule has 0 saturated carbocycles. The summed E-state index contributed by atoms with van der Waals surface area (Å²) in [5, 5.41) is 12.7. The Morgan fingerprint density at radius 3 is 2.75 bits per heavy atom. The van der Waals surface area contributed by atoms with Crippen LogP contribution >= 0.6 is 0 Å². The van der Waals surface area contributed by atoms with Gasteiger partial charge in [-0.15, -0.1) is 0 Å². The first kappa shape index (κ1) is 13.1. The van der Waals surface area contributed by atoms with Crippen molar-refractivity contribution in [2.45, 2.75) is 38.8 Å². The Morgan fingerprint density at radius 1 is 1.56 bits per heavy atom. The van der Waals surface area contributed by atoms with Crippen LogP contribution in [-0.2, 0) is 10.3 Å². The van der Waals surface area contributed by atoms with Gasteiger partial charge in [0.2, 0.25) is 11.7 Å². The maximum atomic E-state index is 8.88. The fourth-order valence-corrected chi connectivity index (χ4v) is 1.32. The van der Waals surface area contributed by atoms with Crippen LogP contribution in [0.3, 0.4) is 0 Å². The molecule has 2 atom stereocenters. The zero-order valence-electron chi connectivity index (χ0n) is 9.93. The lowest BCUT2D eigenvalue weighted by Crippen LogP contribution is -2.27. The number of hydrogen-bond acceptors (Lipinski definition) is 6. The highest BCUT2D eigenvalue weighted by Gasteiger charge is 2.31. The van der Waals surface area contributed by atoms with Gasteiger partial charge in [0, 0.05) is 6.61 Å². The van der Waals surface area contributed by atoms with Crippen molar-refractivity contribution in [2.24, 2.45) is 5.73 Å². The molecular weight excluding hydrogens is 210 g/mol. The SMILES string of the molecule is CCOC(C)(CC)c1noc([C@@H](N)CO)n1. The largest absolute Gasteiger partial charge is 0.394 e. The lowest BCUT2D eigenvalue weighted by Gasteiger charge is -2.23. The van der Waals surface area contributed by atoms with E-state index in [0.29, 0.717) is 12.4 Å². The molecule has 1 aromatic rings. The molecule has 0 aliphatic carbocycles. The summed E-state index contributed by atoms with van der Waals surface area (Å²) in [6.07, 6.45) is 0.730. The maximum Gasteiger partial charge on any atom is 0.246 e. The summed E-state index contributed by atoms with van der Waals surface area (Å²) in [5.74, 6) is 0.702. The number of aliphatic hydroxyl groups is 1. The summed E-state index contributed by atoms with van der Waals surface area (Å²) in [7, 11) is 0.